The van der Waals surface area contributed by atoms with E-state index in [1.165, 1.54) is 0 Å². The molecule has 8 rings (SSSR count). The summed E-state index contributed by atoms with van der Waals surface area (Å²) in [5.74, 6) is 0. The fraction of sp³-hybridized carbons (Fsp3) is 0. The molecule has 0 aliphatic rings. The number of nitrogens with zero attached hydrogens (tertiary/aromatic N) is 1. The molecule has 0 aliphatic carbocycles. The van der Waals surface area contributed by atoms with E-state index >= 15 is 0 Å². The maximum atomic E-state index is 9.32. The Bertz CT molecular complexity index is 2710. The van der Waals surface area contributed by atoms with Crippen LogP contribution in [-0.4, -0.2) is 0 Å². The summed E-state index contributed by atoms with van der Waals surface area (Å²) >= 11 is 0. The van der Waals surface area contributed by atoms with Gasteiger partial charge in [0.05, 0.1) is 12.3 Å². The van der Waals surface area contributed by atoms with Gasteiger partial charge in [0.25, 0.3) is 0 Å². The predicted molar refractivity (Wildman–Crippen MR) is 200 cm³/mol. The zero-order chi connectivity index (χ0) is 39.2. The number of fused-ring (bicyclic) bond motifs is 1. The summed E-state index contributed by atoms with van der Waals surface area (Å²) in [5, 5.41) is 2.17. The van der Waals surface area contributed by atoms with Gasteiger partial charge in [-0.3, -0.25) is 0 Å². The quantitative estimate of drug-likeness (QED) is 0.174. The van der Waals surface area contributed by atoms with Crippen LogP contribution in [0.15, 0.2) is 200 Å². The third-order valence-corrected chi connectivity index (χ3v) is 8.25. The summed E-state index contributed by atoms with van der Waals surface area (Å²) < 4.78 is 78.5. The van der Waals surface area contributed by atoms with Crippen molar-refractivity contribution in [1.82, 2.24) is 0 Å². The summed E-state index contributed by atoms with van der Waals surface area (Å²) in [6, 6.07) is 42.9. The summed E-state index contributed by atoms with van der Waals surface area (Å²) in [4.78, 5) is 1.67. The second-order valence-corrected chi connectivity index (χ2v) is 11.1. The molecule has 0 atom stereocenters. The van der Waals surface area contributed by atoms with Gasteiger partial charge in [-0.25, -0.2) is 0 Å². The maximum Gasteiger partial charge on any atom is 0.0645 e. The van der Waals surface area contributed by atoms with Crippen LogP contribution in [0.4, 0.5) is 17.1 Å². The van der Waals surface area contributed by atoms with Crippen molar-refractivity contribution in [3.05, 3.63) is 200 Å². The van der Waals surface area contributed by atoms with Crippen LogP contribution in [0.3, 0.4) is 0 Å². The number of hydrogen-bond donors (Lipinski definition) is 0. The number of hydrogen-bond acceptors (Lipinski definition) is 1. The summed E-state index contributed by atoms with van der Waals surface area (Å²) in [6.45, 7) is 0. The molecule has 222 valence electrons. The highest BCUT2D eigenvalue weighted by Crippen LogP contribution is 2.41. The van der Waals surface area contributed by atoms with Crippen LogP contribution in [0.2, 0.25) is 0 Å². The molecule has 0 saturated carbocycles. The van der Waals surface area contributed by atoms with Crippen molar-refractivity contribution in [2.75, 3.05) is 4.90 Å². The van der Waals surface area contributed by atoms with Gasteiger partial charge in [-0.15, -0.1) is 0 Å². The highest BCUT2D eigenvalue weighted by Gasteiger charge is 2.16. The average molecular weight is 609 g/mol. The molecule has 0 aromatic heterocycles. The molecular formula is C46H33N. The lowest BCUT2D eigenvalue weighted by Gasteiger charge is -2.26. The zero-order valence-electron chi connectivity index (χ0n) is 34.3. The molecule has 0 spiro atoms. The van der Waals surface area contributed by atoms with Crippen LogP contribution < -0.4 is 4.90 Å². The third kappa shape index (κ3) is 5.72. The number of rotatable bonds is 7. The second kappa shape index (κ2) is 12.7. The van der Waals surface area contributed by atoms with E-state index in [-0.39, 0.29) is 16.8 Å². The standard InChI is InChI=1S/C46H33N/c1-4-12-34(13-5-1)36-20-27-41(28-21-36)47(42-29-22-37(23-30-42)35-14-6-2-7-15-35)43-31-24-40(25-32-43)46-44-19-11-10-18-39(44)26-33-45(46)38-16-8-3-9-17-38/h1-33H/i1D,4D,5D,12D,13D,20D,21D,27D,28D. The van der Waals surface area contributed by atoms with Crippen molar-refractivity contribution in [2.45, 2.75) is 0 Å². The smallest absolute Gasteiger partial charge is 0.0645 e. The molecule has 8 aromatic rings. The van der Waals surface area contributed by atoms with Crippen LogP contribution in [0, 0.1) is 0 Å². The summed E-state index contributed by atoms with van der Waals surface area (Å²) in [6.07, 6.45) is 0. The normalized spacial score (nSPS) is 13.7. The van der Waals surface area contributed by atoms with Gasteiger partial charge >= 0.3 is 0 Å². The fourth-order valence-electron chi connectivity index (χ4n) is 5.98. The van der Waals surface area contributed by atoms with E-state index in [0.717, 1.165) is 44.2 Å². The van der Waals surface area contributed by atoms with Crippen molar-refractivity contribution >= 4 is 27.8 Å². The lowest BCUT2D eigenvalue weighted by Crippen LogP contribution is -2.09. The van der Waals surface area contributed by atoms with Gasteiger partial charge < -0.3 is 4.90 Å². The van der Waals surface area contributed by atoms with Gasteiger partial charge in [0.2, 0.25) is 0 Å². The van der Waals surface area contributed by atoms with Gasteiger partial charge in [-0.1, -0.05) is 164 Å². The highest BCUT2D eigenvalue weighted by molar-refractivity contribution is 6.04. The van der Waals surface area contributed by atoms with Crippen molar-refractivity contribution < 1.29 is 12.3 Å². The highest BCUT2D eigenvalue weighted by atomic mass is 15.1. The van der Waals surface area contributed by atoms with Gasteiger partial charge in [0.1, 0.15) is 0 Å². The lowest BCUT2D eigenvalue weighted by molar-refractivity contribution is 1.28. The van der Waals surface area contributed by atoms with Crippen LogP contribution >= 0.6 is 0 Å². The van der Waals surface area contributed by atoms with E-state index in [1.54, 1.807) is 4.90 Å². The minimum Gasteiger partial charge on any atom is -0.311 e. The fourth-order valence-corrected chi connectivity index (χ4v) is 5.98. The Morgan fingerprint density at radius 3 is 1.53 bits per heavy atom. The first-order valence-corrected chi connectivity index (χ1v) is 15.4. The SMILES string of the molecule is [2H]c1c([2H])c([2H])c(-c2c([2H])c([2H])c(N(c3ccc(-c4ccccc4)cc3)c3ccc(-c4c(-c5ccccc5)ccc5ccccc45)cc3)c([2H])c2[2H])c([2H])c1[2H]. The first-order valence-electron chi connectivity index (χ1n) is 19.9. The maximum absolute atomic E-state index is 9.32. The van der Waals surface area contributed by atoms with Gasteiger partial charge in [0.15, 0.2) is 0 Å². The van der Waals surface area contributed by atoms with E-state index in [0.29, 0.717) is 11.4 Å². The van der Waals surface area contributed by atoms with Crippen molar-refractivity contribution in [1.29, 1.82) is 0 Å². The monoisotopic (exact) mass is 608 g/mol. The third-order valence-electron chi connectivity index (χ3n) is 8.25. The minimum atomic E-state index is -0.622. The Hall–Kier alpha value is -6.18. The first-order chi connectivity index (χ1) is 27.1. The Morgan fingerprint density at radius 2 is 0.872 bits per heavy atom. The van der Waals surface area contributed by atoms with Crippen LogP contribution in [-0.2, 0) is 0 Å². The minimum absolute atomic E-state index is 0.0496. The molecule has 0 bridgehead atoms. The number of anilines is 3. The van der Waals surface area contributed by atoms with E-state index in [2.05, 4.69) is 36.4 Å². The molecule has 0 heterocycles. The van der Waals surface area contributed by atoms with E-state index in [4.69, 9.17) is 9.60 Å². The van der Waals surface area contributed by atoms with E-state index in [1.807, 2.05) is 109 Å². The topological polar surface area (TPSA) is 3.24 Å². The molecule has 0 aliphatic heterocycles. The Kier molecular flexibility index (Phi) is 5.40. The molecule has 8 aromatic carbocycles. The lowest BCUT2D eigenvalue weighted by atomic mass is 9.89. The molecule has 0 radical (unpaired) electrons. The molecule has 0 fully saturated rings. The van der Waals surface area contributed by atoms with E-state index < -0.39 is 54.4 Å². The summed E-state index contributed by atoms with van der Waals surface area (Å²) in [5.41, 5.74) is 6.43. The van der Waals surface area contributed by atoms with Gasteiger partial charge in [-0.2, -0.15) is 0 Å². The zero-order valence-corrected chi connectivity index (χ0v) is 25.3. The molecule has 0 saturated heterocycles. The largest absolute Gasteiger partial charge is 0.311 e. The second-order valence-electron chi connectivity index (χ2n) is 11.1. The number of benzene rings is 8. The molecule has 47 heavy (non-hydrogen) atoms. The molecule has 1 nitrogen and oxygen atoms in total. The molecule has 0 amide bonds. The van der Waals surface area contributed by atoms with Gasteiger partial charge in [-0.05, 0) is 91.6 Å². The van der Waals surface area contributed by atoms with Gasteiger partial charge in [0, 0.05) is 17.1 Å². The van der Waals surface area contributed by atoms with E-state index in [9.17, 15) is 2.74 Å². The van der Waals surface area contributed by atoms with Crippen molar-refractivity contribution in [3.63, 3.8) is 0 Å². The Balaban J connectivity index is 1.33. The van der Waals surface area contributed by atoms with Crippen LogP contribution in [0.25, 0.3) is 55.3 Å². The Labute approximate surface area is 289 Å². The Morgan fingerprint density at radius 1 is 0.340 bits per heavy atom. The predicted octanol–water partition coefficient (Wildman–Crippen LogP) is 13.0. The molecular weight excluding hydrogens is 567 g/mol. The molecule has 0 unspecified atom stereocenters. The van der Waals surface area contributed by atoms with Crippen molar-refractivity contribution in [3.8, 4) is 44.5 Å². The summed E-state index contributed by atoms with van der Waals surface area (Å²) in [7, 11) is 0. The van der Waals surface area contributed by atoms with Crippen LogP contribution in [0.1, 0.15) is 12.3 Å². The molecule has 1 heteroatoms. The first kappa shape index (κ1) is 20.0. The van der Waals surface area contributed by atoms with Crippen molar-refractivity contribution in [2.24, 2.45) is 0 Å². The van der Waals surface area contributed by atoms with Crippen LogP contribution in [0.5, 0.6) is 0 Å². The molecule has 0 N–H and O–H groups in total. The average Bonchev–Trinajstić information content (AvgIpc) is 3.24.